The summed E-state index contributed by atoms with van der Waals surface area (Å²) in [6.07, 6.45) is 50.8. The highest BCUT2D eigenvalue weighted by atomic mass is 16.6. The van der Waals surface area contributed by atoms with Crippen LogP contribution in [-0.2, 0) is 4.74 Å². The molecule has 0 saturated heterocycles. The number of hydrogen-bond donors (Lipinski definition) is 1. The van der Waals surface area contributed by atoms with Crippen molar-refractivity contribution in [2.45, 2.75) is 193 Å². The third-order valence-electron chi connectivity index (χ3n) is 9.04. The van der Waals surface area contributed by atoms with Crippen molar-refractivity contribution in [3.8, 4) is 0 Å². The van der Waals surface area contributed by atoms with Crippen LogP contribution in [0.25, 0.3) is 0 Å². The largest absolute Gasteiger partial charge is 0.356 e. The smallest absolute Gasteiger partial charge is 0.216 e. The fraction of sp³-hybridized carbons (Fsp3) is 0.814. The summed E-state index contributed by atoms with van der Waals surface area (Å²) in [5.41, 5.74) is 0. The highest BCUT2D eigenvalue weighted by Crippen LogP contribution is 2.19. The lowest BCUT2D eigenvalue weighted by molar-refractivity contribution is -0.213. The monoisotopic (exact) mass is 659 g/mol. The summed E-state index contributed by atoms with van der Waals surface area (Å²) in [6.45, 7) is 6.24. The molecule has 1 N–H and O–H groups in total. The molecule has 0 radical (unpaired) electrons. The molecule has 0 aromatic carbocycles. The van der Waals surface area contributed by atoms with Crippen LogP contribution < -0.4 is 0 Å². The molecule has 4 nitrogen and oxygen atoms in total. The predicted molar refractivity (Wildman–Crippen MR) is 210 cm³/mol. The second kappa shape index (κ2) is 37.6. The second-order valence-corrected chi connectivity index (χ2v) is 14.1. The standard InChI is InChI=1S/C43H82N2O2/c1-6-8-10-12-14-16-18-20-22-24-26-28-30-32-34-36-38-42(47-43(46)45(5)41-40-44(3)4)39-37-35-33-31-29-27-25-23-21-19-17-15-13-11-9-7-2/h14-17,20-23,42-43,46H,6-13,18-19,24-41H2,1-5H3/b16-14-,17-15-,22-20-,23-21-. The van der Waals surface area contributed by atoms with Crippen LogP contribution in [0.5, 0.6) is 0 Å². The van der Waals surface area contributed by atoms with E-state index < -0.39 is 6.41 Å². The number of aliphatic hydroxyl groups excluding tert-OH is 1. The zero-order chi connectivity index (χ0) is 34.5. The maximum absolute atomic E-state index is 10.7. The van der Waals surface area contributed by atoms with Crippen molar-refractivity contribution < 1.29 is 9.84 Å². The van der Waals surface area contributed by atoms with Crippen molar-refractivity contribution in [3.05, 3.63) is 48.6 Å². The van der Waals surface area contributed by atoms with Gasteiger partial charge in [-0.25, -0.2) is 0 Å². The Labute approximate surface area is 295 Å². The molecule has 0 fully saturated rings. The number of nitrogens with zero attached hydrogens (tertiary/aromatic N) is 2. The lowest BCUT2D eigenvalue weighted by Gasteiger charge is -2.29. The molecule has 276 valence electrons. The van der Waals surface area contributed by atoms with E-state index in [1.54, 1.807) is 0 Å². The van der Waals surface area contributed by atoms with E-state index in [4.69, 9.17) is 4.74 Å². The molecule has 4 heteroatoms. The number of unbranched alkanes of at least 4 members (excludes halogenated alkanes) is 18. The molecule has 1 unspecified atom stereocenters. The quantitative estimate of drug-likeness (QED) is 0.0413. The van der Waals surface area contributed by atoms with E-state index in [1.165, 1.54) is 141 Å². The Balaban J connectivity index is 4.12. The van der Waals surface area contributed by atoms with Crippen molar-refractivity contribution in [1.29, 1.82) is 0 Å². The Morgan fingerprint density at radius 3 is 1.21 bits per heavy atom. The fourth-order valence-corrected chi connectivity index (χ4v) is 5.75. The highest BCUT2D eigenvalue weighted by Gasteiger charge is 2.18. The topological polar surface area (TPSA) is 35.9 Å². The van der Waals surface area contributed by atoms with E-state index in [0.29, 0.717) is 0 Å². The summed E-state index contributed by atoms with van der Waals surface area (Å²) in [5, 5.41) is 10.7. The summed E-state index contributed by atoms with van der Waals surface area (Å²) < 4.78 is 6.23. The van der Waals surface area contributed by atoms with Crippen molar-refractivity contribution >= 4 is 0 Å². The summed E-state index contributed by atoms with van der Waals surface area (Å²) in [7, 11) is 6.11. The predicted octanol–water partition coefficient (Wildman–Crippen LogP) is 12.5. The van der Waals surface area contributed by atoms with E-state index in [-0.39, 0.29) is 6.10 Å². The molecule has 0 aliphatic carbocycles. The van der Waals surface area contributed by atoms with Gasteiger partial charge in [0, 0.05) is 13.1 Å². The van der Waals surface area contributed by atoms with Crippen LogP contribution in [0, 0.1) is 0 Å². The van der Waals surface area contributed by atoms with E-state index in [0.717, 1.165) is 38.8 Å². The third-order valence-corrected chi connectivity index (χ3v) is 9.04. The maximum atomic E-state index is 10.7. The minimum absolute atomic E-state index is 0.156. The van der Waals surface area contributed by atoms with Gasteiger partial charge in [-0.1, -0.05) is 152 Å². The van der Waals surface area contributed by atoms with Crippen LogP contribution in [0.3, 0.4) is 0 Å². The van der Waals surface area contributed by atoms with Crippen LogP contribution in [0.2, 0.25) is 0 Å². The van der Waals surface area contributed by atoms with Gasteiger partial charge < -0.3 is 14.7 Å². The number of aliphatic hydroxyl groups is 1. The van der Waals surface area contributed by atoms with E-state index in [2.05, 4.69) is 81.5 Å². The second-order valence-electron chi connectivity index (χ2n) is 14.1. The molecule has 0 aromatic rings. The van der Waals surface area contributed by atoms with Gasteiger partial charge in [-0.2, -0.15) is 0 Å². The van der Waals surface area contributed by atoms with Crippen LogP contribution >= 0.6 is 0 Å². The lowest BCUT2D eigenvalue weighted by atomic mass is 10.0. The minimum Gasteiger partial charge on any atom is -0.356 e. The number of hydrogen-bond acceptors (Lipinski definition) is 4. The first-order valence-electron chi connectivity index (χ1n) is 20.3. The zero-order valence-electron chi connectivity index (χ0n) is 32.3. The molecule has 0 aliphatic heterocycles. The average molecular weight is 659 g/mol. The third kappa shape index (κ3) is 35.9. The lowest BCUT2D eigenvalue weighted by Crippen LogP contribution is -2.40. The summed E-state index contributed by atoms with van der Waals surface area (Å²) in [6, 6.07) is 0. The van der Waals surface area contributed by atoms with Gasteiger partial charge in [0.25, 0.3) is 0 Å². The molecule has 0 rings (SSSR count). The molecular weight excluding hydrogens is 576 g/mol. The van der Waals surface area contributed by atoms with Gasteiger partial charge in [-0.05, 0) is 98.2 Å². The van der Waals surface area contributed by atoms with Gasteiger partial charge in [0.15, 0.2) is 0 Å². The Kier molecular flexibility index (Phi) is 36.7. The van der Waals surface area contributed by atoms with Crippen molar-refractivity contribution in [2.75, 3.05) is 34.2 Å². The van der Waals surface area contributed by atoms with Gasteiger partial charge in [-0.15, -0.1) is 0 Å². The van der Waals surface area contributed by atoms with Crippen LogP contribution in [-0.4, -0.2) is 61.7 Å². The highest BCUT2D eigenvalue weighted by molar-refractivity contribution is 4.93. The molecule has 0 heterocycles. The summed E-state index contributed by atoms with van der Waals surface area (Å²) >= 11 is 0. The SMILES string of the molecule is CCCCC/C=C\C/C=C\CCCCCCCCC(CCCCCCCC/C=C\C/C=C\CCCCC)OC(O)N(C)CCN(C)C. The molecule has 0 amide bonds. The van der Waals surface area contributed by atoms with Crippen molar-refractivity contribution in [2.24, 2.45) is 0 Å². The average Bonchev–Trinajstić information content (AvgIpc) is 3.06. The Morgan fingerprint density at radius 2 is 0.830 bits per heavy atom. The first kappa shape index (κ1) is 45.8. The van der Waals surface area contributed by atoms with Gasteiger partial charge in [-0.3, -0.25) is 4.90 Å². The first-order chi connectivity index (χ1) is 23.0. The molecule has 0 aromatic heterocycles. The molecule has 0 aliphatic rings. The van der Waals surface area contributed by atoms with Gasteiger partial charge in [0.1, 0.15) is 0 Å². The minimum atomic E-state index is -0.811. The van der Waals surface area contributed by atoms with Crippen molar-refractivity contribution in [1.82, 2.24) is 9.80 Å². The number of allylic oxidation sites excluding steroid dienone is 8. The van der Waals surface area contributed by atoms with Crippen LogP contribution in [0.1, 0.15) is 181 Å². The van der Waals surface area contributed by atoms with E-state index in [1.807, 2.05) is 11.9 Å². The zero-order valence-corrected chi connectivity index (χ0v) is 32.3. The van der Waals surface area contributed by atoms with Gasteiger partial charge >= 0.3 is 0 Å². The molecule has 0 bridgehead atoms. The van der Waals surface area contributed by atoms with Crippen molar-refractivity contribution in [3.63, 3.8) is 0 Å². The number of likely N-dealkylation sites (N-methyl/N-ethyl adjacent to an activating group) is 2. The fourth-order valence-electron chi connectivity index (χ4n) is 5.75. The maximum Gasteiger partial charge on any atom is 0.216 e. The first-order valence-corrected chi connectivity index (χ1v) is 20.3. The number of ether oxygens (including phenoxy) is 1. The van der Waals surface area contributed by atoms with Gasteiger partial charge in [0.2, 0.25) is 6.41 Å². The Hall–Kier alpha value is -1.20. The Morgan fingerprint density at radius 1 is 0.468 bits per heavy atom. The summed E-state index contributed by atoms with van der Waals surface area (Å²) in [4.78, 5) is 4.08. The normalized spacial score (nSPS) is 13.4. The molecule has 0 spiro atoms. The van der Waals surface area contributed by atoms with Crippen LogP contribution in [0.4, 0.5) is 0 Å². The van der Waals surface area contributed by atoms with Gasteiger partial charge in [0.05, 0.1) is 6.10 Å². The Bertz CT molecular complexity index is 681. The molecule has 47 heavy (non-hydrogen) atoms. The molecule has 1 atom stereocenters. The van der Waals surface area contributed by atoms with E-state index in [9.17, 15) is 5.11 Å². The molecular formula is C43H82N2O2. The summed E-state index contributed by atoms with van der Waals surface area (Å²) in [5.74, 6) is 0. The van der Waals surface area contributed by atoms with Crippen LogP contribution in [0.15, 0.2) is 48.6 Å². The van der Waals surface area contributed by atoms with E-state index >= 15 is 0 Å². The molecule has 0 saturated carbocycles. The number of rotatable bonds is 36.